The summed E-state index contributed by atoms with van der Waals surface area (Å²) in [6.07, 6.45) is 4.36. The Morgan fingerprint density at radius 2 is 1.95 bits per heavy atom. The minimum absolute atomic E-state index is 0.290. The predicted octanol–water partition coefficient (Wildman–Crippen LogP) is 2.77. The van der Waals surface area contributed by atoms with Gasteiger partial charge in [-0.1, -0.05) is 37.3 Å². The number of benzene rings is 1. The molecule has 1 aromatic carbocycles. The number of thioether (sulfide) groups is 1. The molecule has 2 atom stereocenters. The molecule has 22 heavy (non-hydrogen) atoms. The highest BCUT2D eigenvalue weighted by atomic mass is 32.2. The van der Waals surface area contributed by atoms with Crippen LogP contribution < -0.4 is 5.32 Å². The van der Waals surface area contributed by atoms with E-state index in [-0.39, 0.29) is 6.10 Å². The second-order valence-corrected chi connectivity index (χ2v) is 7.37. The molecule has 1 aromatic rings. The number of aliphatic hydroxyl groups is 1. The van der Waals surface area contributed by atoms with Crippen LogP contribution in [-0.4, -0.2) is 54.3 Å². The van der Waals surface area contributed by atoms with E-state index < -0.39 is 0 Å². The second kappa shape index (κ2) is 9.56. The van der Waals surface area contributed by atoms with Crippen molar-refractivity contribution in [1.29, 1.82) is 0 Å². The Kier molecular flexibility index (Phi) is 7.73. The molecule has 124 valence electrons. The molecule has 1 saturated heterocycles. The average Bonchev–Trinajstić information content (AvgIpc) is 2.54. The number of piperidine rings is 1. The van der Waals surface area contributed by atoms with E-state index in [1.165, 1.54) is 18.4 Å². The fraction of sp³-hybridized carbons (Fsp3) is 0.667. The van der Waals surface area contributed by atoms with Gasteiger partial charge in [-0.25, -0.2) is 0 Å². The zero-order chi connectivity index (χ0) is 15.8. The molecule has 2 N–H and O–H groups in total. The molecule has 2 unspecified atom stereocenters. The van der Waals surface area contributed by atoms with E-state index in [2.05, 4.69) is 47.7 Å². The maximum atomic E-state index is 10.3. The lowest BCUT2D eigenvalue weighted by Crippen LogP contribution is -2.42. The Balaban J connectivity index is 1.76. The molecule has 2 rings (SSSR count). The SMILES string of the molecule is CSCC(NCC(O)CN1CCC(C)CC1)c1ccccc1. The highest BCUT2D eigenvalue weighted by Crippen LogP contribution is 2.18. The van der Waals surface area contributed by atoms with E-state index in [9.17, 15) is 5.11 Å². The molecule has 1 aliphatic heterocycles. The summed E-state index contributed by atoms with van der Waals surface area (Å²) in [7, 11) is 0. The van der Waals surface area contributed by atoms with E-state index in [1.54, 1.807) is 0 Å². The van der Waals surface area contributed by atoms with Gasteiger partial charge in [-0.3, -0.25) is 0 Å². The lowest BCUT2D eigenvalue weighted by molar-refractivity contribution is 0.0893. The summed E-state index contributed by atoms with van der Waals surface area (Å²) >= 11 is 1.84. The number of hydrogen-bond acceptors (Lipinski definition) is 4. The first-order valence-corrected chi connectivity index (χ1v) is 9.76. The van der Waals surface area contributed by atoms with E-state index in [0.29, 0.717) is 12.6 Å². The van der Waals surface area contributed by atoms with Gasteiger partial charge in [0.1, 0.15) is 0 Å². The number of rotatable bonds is 8. The molecule has 1 aliphatic rings. The van der Waals surface area contributed by atoms with Crippen LogP contribution in [0.25, 0.3) is 0 Å². The van der Waals surface area contributed by atoms with E-state index in [0.717, 1.165) is 31.3 Å². The quantitative estimate of drug-likeness (QED) is 0.771. The van der Waals surface area contributed by atoms with Gasteiger partial charge in [0.25, 0.3) is 0 Å². The fourth-order valence-electron chi connectivity index (χ4n) is 3.01. The van der Waals surface area contributed by atoms with E-state index in [1.807, 2.05) is 17.8 Å². The maximum Gasteiger partial charge on any atom is 0.0791 e. The van der Waals surface area contributed by atoms with Crippen LogP contribution in [-0.2, 0) is 0 Å². The summed E-state index contributed by atoms with van der Waals surface area (Å²) < 4.78 is 0. The fourth-order valence-corrected chi connectivity index (χ4v) is 3.65. The molecule has 0 saturated carbocycles. The predicted molar refractivity (Wildman–Crippen MR) is 96.4 cm³/mol. The summed E-state index contributed by atoms with van der Waals surface area (Å²) in [4.78, 5) is 2.40. The normalized spacial score (nSPS) is 20.0. The Morgan fingerprint density at radius 1 is 1.27 bits per heavy atom. The van der Waals surface area contributed by atoms with Crippen molar-refractivity contribution in [2.75, 3.05) is 38.2 Å². The first-order valence-electron chi connectivity index (χ1n) is 8.36. The number of nitrogens with one attached hydrogen (secondary N) is 1. The van der Waals surface area contributed by atoms with Crippen molar-refractivity contribution in [1.82, 2.24) is 10.2 Å². The van der Waals surface area contributed by atoms with Crippen molar-refractivity contribution in [3.8, 4) is 0 Å². The first-order chi connectivity index (χ1) is 10.7. The highest BCUT2D eigenvalue weighted by molar-refractivity contribution is 7.98. The molecular weight excluding hydrogens is 292 g/mol. The minimum Gasteiger partial charge on any atom is -0.390 e. The van der Waals surface area contributed by atoms with Crippen molar-refractivity contribution in [2.24, 2.45) is 5.92 Å². The smallest absolute Gasteiger partial charge is 0.0791 e. The zero-order valence-electron chi connectivity index (χ0n) is 13.9. The van der Waals surface area contributed by atoms with Crippen LogP contribution in [0.2, 0.25) is 0 Å². The van der Waals surface area contributed by atoms with E-state index >= 15 is 0 Å². The monoisotopic (exact) mass is 322 g/mol. The summed E-state index contributed by atoms with van der Waals surface area (Å²) in [5.41, 5.74) is 1.30. The minimum atomic E-state index is -0.290. The summed E-state index contributed by atoms with van der Waals surface area (Å²) in [5.74, 6) is 1.87. The second-order valence-electron chi connectivity index (χ2n) is 6.46. The van der Waals surface area contributed by atoms with Crippen molar-refractivity contribution >= 4 is 11.8 Å². The molecular formula is C18H30N2OS. The van der Waals surface area contributed by atoms with Crippen LogP contribution in [0.5, 0.6) is 0 Å². The number of β-amino-alcohol motifs (C(OH)–C–C–N with tert-alkyl or cyclic N) is 1. The topological polar surface area (TPSA) is 35.5 Å². The van der Waals surface area contributed by atoms with Crippen LogP contribution in [0.15, 0.2) is 30.3 Å². The van der Waals surface area contributed by atoms with Crippen LogP contribution in [0.4, 0.5) is 0 Å². The van der Waals surface area contributed by atoms with Crippen molar-refractivity contribution in [2.45, 2.75) is 31.9 Å². The van der Waals surface area contributed by atoms with Gasteiger partial charge in [0.15, 0.2) is 0 Å². The van der Waals surface area contributed by atoms with Crippen LogP contribution in [0.3, 0.4) is 0 Å². The average molecular weight is 323 g/mol. The lowest BCUT2D eigenvalue weighted by atomic mass is 9.99. The third kappa shape index (κ3) is 5.92. The van der Waals surface area contributed by atoms with Crippen LogP contribution >= 0.6 is 11.8 Å². The third-order valence-electron chi connectivity index (χ3n) is 4.48. The van der Waals surface area contributed by atoms with Gasteiger partial charge in [0.2, 0.25) is 0 Å². The summed E-state index contributed by atoms with van der Waals surface area (Å²) in [5, 5.41) is 13.9. The third-order valence-corrected chi connectivity index (χ3v) is 5.15. The van der Waals surface area contributed by atoms with Crippen LogP contribution in [0, 0.1) is 5.92 Å². The van der Waals surface area contributed by atoms with Gasteiger partial charge in [-0.2, -0.15) is 11.8 Å². The Bertz CT molecular complexity index is 407. The number of likely N-dealkylation sites (tertiary alicyclic amines) is 1. The Labute approximate surface area is 139 Å². The largest absolute Gasteiger partial charge is 0.390 e. The molecule has 0 amide bonds. The summed E-state index contributed by atoms with van der Waals surface area (Å²) in [6, 6.07) is 10.8. The lowest BCUT2D eigenvalue weighted by Gasteiger charge is -2.32. The molecule has 0 radical (unpaired) electrons. The molecule has 1 fully saturated rings. The number of aliphatic hydroxyl groups excluding tert-OH is 1. The van der Waals surface area contributed by atoms with Crippen molar-refractivity contribution in [3.63, 3.8) is 0 Å². The van der Waals surface area contributed by atoms with Gasteiger partial charge in [-0.15, -0.1) is 0 Å². The number of nitrogens with zero attached hydrogens (tertiary/aromatic N) is 1. The van der Waals surface area contributed by atoms with Gasteiger partial charge in [-0.05, 0) is 43.7 Å². The Morgan fingerprint density at radius 3 is 2.59 bits per heavy atom. The van der Waals surface area contributed by atoms with Gasteiger partial charge in [0.05, 0.1) is 6.10 Å². The first kappa shape index (κ1) is 17.8. The highest BCUT2D eigenvalue weighted by Gasteiger charge is 2.19. The van der Waals surface area contributed by atoms with E-state index in [4.69, 9.17) is 0 Å². The summed E-state index contributed by atoms with van der Waals surface area (Å²) in [6.45, 7) is 6.03. The molecule has 0 aliphatic carbocycles. The molecule has 1 heterocycles. The maximum absolute atomic E-state index is 10.3. The van der Waals surface area contributed by atoms with Crippen LogP contribution in [0.1, 0.15) is 31.4 Å². The van der Waals surface area contributed by atoms with Crippen molar-refractivity contribution < 1.29 is 5.11 Å². The molecule has 0 bridgehead atoms. The molecule has 0 spiro atoms. The van der Waals surface area contributed by atoms with Gasteiger partial charge in [0, 0.05) is 24.9 Å². The van der Waals surface area contributed by atoms with Gasteiger partial charge < -0.3 is 15.3 Å². The Hall–Kier alpha value is -0.550. The standard InChI is InChI=1S/C18H30N2OS/c1-15-8-10-20(11-9-15)13-17(21)12-19-18(14-22-2)16-6-4-3-5-7-16/h3-7,15,17-19,21H,8-14H2,1-2H3. The molecule has 0 aromatic heterocycles. The molecule has 4 heteroatoms. The molecule has 3 nitrogen and oxygen atoms in total. The zero-order valence-corrected chi connectivity index (χ0v) is 14.7. The number of hydrogen-bond donors (Lipinski definition) is 2. The van der Waals surface area contributed by atoms with Gasteiger partial charge >= 0.3 is 0 Å². The van der Waals surface area contributed by atoms with Crippen molar-refractivity contribution in [3.05, 3.63) is 35.9 Å².